The van der Waals surface area contributed by atoms with E-state index < -0.39 is 0 Å². The predicted molar refractivity (Wildman–Crippen MR) is 66.7 cm³/mol. The Morgan fingerprint density at radius 1 is 0.941 bits per heavy atom. The van der Waals surface area contributed by atoms with Gasteiger partial charge in [-0.05, 0) is 23.3 Å². The van der Waals surface area contributed by atoms with E-state index in [4.69, 9.17) is 4.74 Å². The molecule has 17 heavy (non-hydrogen) atoms. The summed E-state index contributed by atoms with van der Waals surface area (Å²) >= 11 is 0. The van der Waals surface area contributed by atoms with Crippen molar-refractivity contribution in [2.75, 3.05) is 0 Å². The molecule has 2 rings (SSSR count). The van der Waals surface area contributed by atoms with E-state index >= 15 is 0 Å². The van der Waals surface area contributed by atoms with Crippen LogP contribution in [0.3, 0.4) is 0 Å². The van der Waals surface area contributed by atoms with Crippen LogP contribution in [-0.2, 0) is 13.2 Å². The summed E-state index contributed by atoms with van der Waals surface area (Å²) < 4.78 is 5.64. The Balaban J connectivity index is 1.99. The molecule has 0 amide bonds. The molecule has 0 N–H and O–H groups in total. The number of hydrogen-bond acceptors (Lipinski definition) is 3. The average Bonchev–Trinajstić information content (AvgIpc) is 2.39. The highest BCUT2D eigenvalue weighted by molar-refractivity contribution is 5.29. The van der Waals surface area contributed by atoms with Crippen molar-refractivity contribution in [3.63, 3.8) is 0 Å². The maximum Gasteiger partial charge on any atom is 0.120 e. The van der Waals surface area contributed by atoms with E-state index in [0.29, 0.717) is 6.61 Å². The van der Waals surface area contributed by atoms with Crippen LogP contribution in [0.4, 0.5) is 0 Å². The number of nitrogens with zero attached hydrogens (tertiary/aromatic N) is 1. The highest BCUT2D eigenvalue weighted by Crippen LogP contribution is 2.15. The summed E-state index contributed by atoms with van der Waals surface area (Å²) in [5.41, 5.74) is 1.98. The van der Waals surface area contributed by atoms with Crippen LogP contribution in [0.2, 0.25) is 0 Å². The van der Waals surface area contributed by atoms with Crippen LogP contribution >= 0.6 is 0 Å². The fourth-order valence-electron chi connectivity index (χ4n) is 1.55. The van der Waals surface area contributed by atoms with Crippen LogP contribution in [0, 0.1) is 4.91 Å². The van der Waals surface area contributed by atoms with Gasteiger partial charge in [0.05, 0.1) is 0 Å². The molecule has 0 atom stereocenters. The van der Waals surface area contributed by atoms with Crippen molar-refractivity contribution >= 4 is 0 Å². The lowest BCUT2D eigenvalue weighted by Crippen LogP contribution is -1.95. The number of benzene rings is 2. The molecule has 0 unspecified atom stereocenters. The Hall–Kier alpha value is -2.16. The van der Waals surface area contributed by atoms with Gasteiger partial charge in [0.2, 0.25) is 0 Å². The van der Waals surface area contributed by atoms with Gasteiger partial charge in [-0.1, -0.05) is 47.6 Å². The van der Waals surface area contributed by atoms with E-state index in [0.717, 1.165) is 16.9 Å². The molecule has 0 spiro atoms. The summed E-state index contributed by atoms with van der Waals surface area (Å²) in [6, 6.07) is 17.4. The van der Waals surface area contributed by atoms with Crippen molar-refractivity contribution in [1.82, 2.24) is 0 Å². The van der Waals surface area contributed by atoms with Gasteiger partial charge in [0, 0.05) is 0 Å². The summed E-state index contributed by atoms with van der Waals surface area (Å²) in [4.78, 5) is 10.2. The Morgan fingerprint density at radius 3 is 2.47 bits per heavy atom. The molecule has 3 heteroatoms. The zero-order chi connectivity index (χ0) is 11.9. The number of nitroso groups, excluding NO2 is 1. The van der Waals surface area contributed by atoms with Gasteiger partial charge >= 0.3 is 0 Å². The van der Waals surface area contributed by atoms with Crippen LogP contribution in [0.15, 0.2) is 59.8 Å². The Morgan fingerprint density at radius 2 is 1.71 bits per heavy atom. The summed E-state index contributed by atoms with van der Waals surface area (Å²) in [5, 5.41) is 2.86. The minimum absolute atomic E-state index is 0.183. The van der Waals surface area contributed by atoms with E-state index in [9.17, 15) is 4.91 Å². The normalized spacial score (nSPS) is 9.88. The largest absolute Gasteiger partial charge is 0.489 e. The molecule has 2 aromatic carbocycles. The smallest absolute Gasteiger partial charge is 0.120 e. The van der Waals surface area contributed by atoms with E-state index in [1.165, 1.54) is 0 Å². The second-order valence-electron chi connectivity index (χ2n) is 3.71. The first-order chi connectivity index (χ1) is 8.38. The molecular weight excluding hydrogens is 214 g/mol. The molecule has 0 bridgehead atoms. The van der Waals surface area contributed by atoms with Crippen LogP contribution in [0.25, 0.3) is 0 Å². The van der Waals surface area contributed by atoms with Crippen LogP contribution < -0.4 is 4.74 Å². The Kier molecular flexibility index (Phi) is 3.86. The molecule has 0 radical (unpaired) electrons. The molecule has 0 saturated carbocycles. The predicted octanol–water partition coefficient (Wildman–Crippen LogP) is 3.53. The Bertz CT molecular complexity index is 483. The fourth-order valence-corrected chi connectivity index (χ4v) is 1.55. The standard InChI is InChI=1S/C14H13NO2/c16-15-10-13-7-4-8-14(9-13)17-11-12-5-2-1-3-6-12/h1-9H,10-11H2. The highest BCUT2D eigenvalue weighted by atomic mass is 16.5. The van der Waals surface area contributed by atoms with Gasteiger partial charge in [0.25, 0.3) is 0 Å². The summed E-state index contributed by atoms with van der Waals surface area (Å²) in [7, 11) is 0. The fraction of sp³-hybridized carbons (Fsp3) is 0.143. The molecule has 0 aliphatic carbocycles. The third-order valence-electron chi connectivity index (χ3n) is 2.39. The number of rotatable bonds is 5. The second-order valence-corrected chi connectivity index (χ2v) is 3.71. The Labute approximate surface area is 100 Å². The lowest BCUT2D eigenvalue weighted by molar-refractivity contribution is 0.306. The van der Waals surface area contributed by atoms with E-state index in [1.54, 1.807) is 0 Å². The molecule has 0 saturated heterocycles. The van der Waals surface area contributed by atoms with Crippen molar-refractivity contribution < 1.29 is 4.74 Å². The second kappa shape index (κ2) is 5.80. The first-order valence-electron chi connectivity index (χ1n) is 5.43. The molecule has 3 nitrogen and oxygen atoms in total. The maximum atomic E-state index is 10.2. The minimum atomic E-state index is 0.183. The molecule has 0 aliphatic rings. The van der Waals surface area contributed by atoms with Crippen molar-refractivity contribution in [3.05, 3.63) is 70.6 Å². The molecule has 0 fully saturated rings. The average molecular weight is 227 g/mol. The van der Waals surface area contributed by atoms with Crippen LogP contribution in [0.1, 0.15) is 11.1 Å². The van der Waals surface area contributed by atoms with Gasteiger partial charge in [0.15, 0.2) is 0 Å². The molecule has 0 aromatic heterocycles. The molecule has 0 aliphatic heterocycles. The zero-order valence-electron chi connectivity index (χ0n) is 9.37. The van der Waals surface area contributed by atoms with E-state index in [2.05, 4.69) is 5.18 Å². The topological polar surface area (TPSA) is 38.7 Å². The van der Waals surface area contributed by atoms with Crippen LogP contribution in [0.5, 0.6) is 5.75 Å². The third kappa shape index (κ3) is 3.41. The SMILES string of the molecule is O=NCc1cccc(OCc2ccccc2)c1. The number of ether oxygens (including phenoxy) is 1. The van der Waals surface area contributed by atoms with Gasteiger partial charge < -0.3 is 4.74 Å². The van der Waals surface area contributed by atoms with E-state index in [-0.39, 0.29) is 6.54 Å². The molecule has 2 aromatic rings. The highest BCUT2D eigenvalue weighted by Gasteiger charge is 1.98. The first kappa shape index (κ1) is 11.3. The monoisotopic (exact) mass is 227 g/mol. The summed E-state index contributed by atoms with van der Waals surface area (Å²) in [5.74, 6) is 0.759. The van der Waals surface area contributed by atoms with Crippen molar-refractivity contribution in [1.29, 1.82) is 0 Å². The maximum absolute atomic E-state index is 10.2. The van der Waals surface area contributed by atoms with Gasteiger partial charge in [-0.25, -0.2) is 0 Å². The molecular formula is C14H13NO2. The third-order valence-corrected chi connectivity index (χ3v) is 2.39. The molecule has 86 valence electrons. The van der Waals surface area contributed by atoms with Crippen molar-refractivity contribution in [2.24, 2.45) is 5.18 Å². The van der Waals surface area contributed by atoms with Gasteiger partial charge in [-0.2, -0.15) is 4.91 Å². The first-order valence-corrected chi connectivity index (χ1v) is 5.43. The quantitative estimate of drug-likeness (QED) is 0.733. The minimum Gasteiger partial charge on any atom is -0.489 e. The van der Waals surface area contributed by atoms with Gasteiger partial charge in [0.1, 0.15) is 18.9 Å². The van der Waals surface area contributed by atoms with Crippen LogP contribution in [-0.4, -0.2) is 0 Å². The van der Waals surface area contributed by atoms with E-state index in [1.807, 2.05) is 54.6 Å². The van der Waals surface area contributed by atoms with Gasteiger partial charge in [-0.15, -0.1) is 0 Å². The zero-order valence-corrected chi connectivity index (χ0v) is 9.37. The lowest BCUT2D eigenvalue weighted by atomic mass is 10.2. The molecule has 0 heterocycles. The number of hydrogen-bond donors (Lipinski definition) is 0. The van der Waals surface area contributed by atoms with Gasteiger partial charge in [-0.3, -0.25) is 0 Å². The lowest BCUT2D eigenvalue weighted by Gasteiger charge is -2.06. The van der Waals surface area contributed by atoms with Crippen molar-refractivity contribution in [2.45, 2.75) is 13.2 Å². The van der Waals surface area contributed by atoms with Crippen molar-refractivity contribution in [3.8, 4) is 5.75 Å². The summed E-state index contributed by atoms with van der Waals surface area (Å²) in [6.07, 6.45) is 0. The summed E-state index contributed by atoms with van der Waals surface area (Å²) in [6.45, 7) is 0.710.